The number of rotatable bonds is 8. The van der Waals surface area contributed by atoms with Gasteiger partial charge in [-0.15, -0.1) is 0 Å². The van der Waals surface area contributed by atoms with Crippen molar-refractivity contribution < 1.29 is 4.74 Å². The molecule has 0 saturated carbocycles. The minimum Gasteiger partial charge on any atom is -0.496 e. The Labute approximate surface area is 126 Å². The molecule has 0 aliphatic heterocycles. The summed E-state index contributed by atoms with van der Waals surface area (Å²) in [6.45, 7) is 4.06. The predicted molar refractivity (Wildman–Crippen MR) is 83.4 cm³/mol. The molecule has 1 aromatic heterocycles. The summed E-state index contributed by atoms with van der Waals surface area (Å²) in [5.74, 6) is 2.44. The summed E-state index contributed by atoms with van der Waals surface area (Å²) in [6, 6.07) is 8.21. The Morgan fingerprint density at radius 2 is 2.10 bits per heavy atom. The number of nitrogens with one attached hydrogen (secondary N) is 1. The van der Waals surface area contributed by atoms with Crippen LogP contribution < -0.4 is 10.1 Å². The second-order valence-corrected chi connectivity index (χ2v) is 5.19. The van der Waals surface area contributed by atoms with Gasteiger partial charge in [-0.1, -0.05) is 25.1 Å². The molecule has 2 rings (SSSR count). The predicted octanol–water partition coefficient (Wildman–Crippen LogP) is 1.83. The number of methoxy groups -OCH3 is 1. The maximum Gasteiger partial charge on any atom is 0.138 e. The summed E-state index contributed by atoms with van der Waals surface area (Å²) in [4.78, 5) is 4.34. The fraction of sp³-hybridized carbons (Fsp3) is 0.500. The first-order chi connectivity index (χ1) is 10.2. The van der Waals surface area contributed by atoms with Crippen LogP contribution in [0.3, 0.4) is 0 Å². The van der Waals surface area contributed by atoms with Gasteiger partial charge in [0.25, 0.3) is 0 Å². The standard InChI is InChI=1S/C16H24N4O/c1-4-17-11-13(10-16-18-12-19-20(16)2)9-14-7-5-6-8-15(14)21-3/h5-8,12-13,17H,4,9-11H2,1-3H3. The summed E-state index contributed by atoms with van der Waals surface area (Å²) in [6.07, 6.45) is 3.48. The van der Waals surface area contributed by atoms with Crippen molar-refractivity contribution in [2.45, 2.75) is 19.8 Å². The monoisotopic (exact) mass is 288 g/mol. The Bertz CT molecular complexity index is 553. The third kappa shape index (κ3) is 4.29. The molecule has 0 saturated heterocycles. The zero-order valence-electron chi connectivity index (χ0n) is 13.0. The summed E-state index contributed by atoms with van der Waals surface area (Å²) in [5, 5.41) is 7.59. The van der Waals surface area contributed by atoms with Crippen molar-refractivity contribution in [2.75, 3.05) is 20.2 Å². The van der Waals surface area contributed by atoms with Crippen molar-refractivity contribution in [1.29, 1.82) is 0 Å². The highest BCUT2D eigenvalue weighted by Gasteiger charge is 2.15. The Morgan fingerprint density at radius 1 is 1.29 bits per heavy atom. The van der Waals surface area contributed by atoms with Gasteiger partial charge in [-0.05, 0) is 37.1 Å². The lowest BCUT2D eigenvalue weighted by Gasteiger charge is -2.18. The largest absolute Gasteiger partial charge is 0.496 e. The van der Waals surface area contributed by atoms with Crippen LogP contribution in [0.25, 0.3) is 0 Å². The number of para-hydroxylation sites is 1. The van der Waals surface area contributed by atoms with Crippen LogP contribution in [0.2, 0.25) is 0 Å². The second-order valence-electron chi connectivity index (χ2n) is 5.19. The third-order valence-corrected chi connectivity index (χ3v) is 3.66. The summed E-state index contributed by atoms with van der Waals surface area (Å²) in [5.41, 5.74) is 1.24. The van der Waals surface area contributed by atoms with Crippen molar-refractivity contribution in [3.05, 3.63) is 42.0 Å². The van der Waals surface area contributed by atoms with Crippen molar-refractivity contribution in [2.24, 2.45) is 13.0 Å². The number of benzene rings is 1. The van der Waals surface area contributed by atoms with Gasteiger partial charge in [0, 0.05) is 13.5 Å². The van der Waals surface area contributed by atoms with Gasteiger partial charge >= 0.3 is 0 Å². The molecule has 1 heterocycles. The Balaban J connectivity index is 2.10. The molecule has 0 aliphatic carbocycles. The molecule has 5 nitrogen and oxygen atoms in total. The molecule has 0 fully saturated rings. The lowest BCUT2D eigenvalue weighted by Crippen LogP contribution is -2.26. The van der Waals surface area contributed by atoms with Crippen LogP contribution in [-0.2, 0) is 19.9 Å². The SMILES string of the molecule is CCNCC(Cc1ccccc1OC)Cc1ncnn1C. The Morgan fingerprint density at radius 3 is 2.76 bits per heavy atom. The topological polar surface area (TPSA) is 52.0 Å². The van der Waals surface area contributed by atoms with E-state index in [-0.39, 0.29) is 0 Å². The van der Waals surface area contributed by atoms with Crippen molar-refractivity contribution in [3.8, 4) is 5.75 Å². The van der Waals surface area contributed by atoms with E-state index in [2.05, 4.69) is 34.5 Å². The Kier molecular flexibility index (Phi) is 5.75. The molecule has 5 heteroatoms. The van der Waals surface area contributed by atoms with E-state index >= 15 is 0 Å². The Hall–Kier alpha value is -1.88. The average molecular weight is 288 g/mol. The lowest BCUT2D eigenvalue weighted by atomic mass is 9.95. The molecule has 0 amide bonds. The van der Waals surface area contributed by atoms with Gasteiger partial charge in [-0.25, -0.2) is 4.98 Å². The van der Waals surface area contributed by atoms with Crippen molar-refractivity contribution >= 4 is 0 Å². The molecule has 0 aliphatic rings. The fourth-order valence-electron chi connectivity index (χ4n) is 2.51. The molecule has 1 atom stereocenters. The zero-order chi connectivity index (χ0) is 15.1. The van der Waals surface area contributed by atoms with E-state index in [1.54, 1.807) is 13.4 Å². The maximum atomic E-state index is 5.46. The van der Waals surface area contributed by atoms with Crippen molar-refractivity contribution in [3.63, 3.8) is 0 Å². The van der Waals surface area contributed by atoms with E-state index < -0.39 is 0 Å². The molecular formula is C16H24N4O. The minimum atomic E-state index is 0.462. The summed E-state index contributed by atoms with van der Waals surface area (Å²) in [7, 11) is 3.66. The first-order valence-electron chi connectivity index (χ1n) is 7.40. The van der Waals surface area contributed by atoms with Gasteiger partial charge in [0.15, 0.2) is 0 Å². The molecule has 0 spiro atoms. The number of aromatic nitrogens is 3. The number of hydrogen-bond acceptors (Lipinski definition) is 4. The van der Waals surface area contributed by atoms with E-state index in [4.69, 9.17) is 4.74 Å². The van der Waals surface area contributed by atoms with Gasteiger partial charge in [-0.2, -0.15) is 5.10 Å². The third-order valence-electron chi connectivity index (χ3n) is 3.66. The molecule has 21 heavy (non-hydrogen) atoms. The number of hydrogen-bond donors (Lipinski definition) is 1. The number of ether oxygens (including phenoxy) is 1. The summed E-state index contributed by atoms with van der Waals surface area (Å²) < 4.78 is 7.30. The van der Waals surface area contributed by atoms with Crippen LogP contribution in [0.1, 0.15) is 18.3 Å². The van der Waals surface area contributed by atoms with E-state index in [0.717, 1.165) is 37.5 Å². The highest BCUT2D eigenvalue weighted by atomic mass is 16.5. The second kappa shape index (κ2) is 7.78. The number of aryl methyl sites for hydroxylation is 1. The van der Waals surface area contributed by atoms with Gasteiger partial charge in [0.05, 0.1) is 7.11 Å². The molecule has 1 N–H and O–H groups in total. The maximum absolute atomic E-state index is 5.46. The first kappa shape index (κ1) is 15.5. The van der Waals surface area contributed by atoms with Crippen LogP contribution in [0.5, 0.6) is 5.75 Å². The fourth-order valence-corrected chi connectivity index (χ4v) is 2.51. The molecule has 1 aromatic carbocycles. The lowest BCUT2D eigenvalue weighted by molar-refractivity contribution is 0.398. The molecule has 2 aromatic rings. The van der Waals surface area contributed by atoms with Crippen LogP contribution in [0.4, 0.5) is 0 Å². The van der Waals surface area contributed by atoms with E-state index in [1.165, 1.54) is 5.56 Å². The van der Waals surface area contributed by atoms with E-state index in [9.17, 15) is 0 Å². The zero-order valence-corrected chi connectivity index (χ0v) is 13.0. The first-order valence-corrected chi connectivity index (χ1v) is 7.40. The smallest absolute Gasteiger partial charge is 0.138 e. The minimum absolute atomic E-state index is 0.462. The average Bonchev–Trinajstić information content (AvgIpc) is 2.90. The van der Waals surface area contributed by atoms with Gasteiger partial charge in [-0.3, -0.25) is 4.68 Å². The van der Waals surface area contributed by atoms with E-state index in [0.29, 0.717) is 5.92 Å². The van der Waals surface area contributed by atoms with Crippen LogP contribution in [0, 0.1) is 5.92 Å². The molecular weight excluding hydrogens is 264 g/mol. The van der Waals surface area contributed by atoms with Crippen LogP contribution in [-0.4, -0.2) is 35.0 Å². The van der Waals surface area contributed by atoms with Crippen LogP contribution >= 0.6 is 0 Å². The van der Waals surface area contributed by atoms with Crippen LogP contribution in [0.15, 0.2) is 30.6 Å². The van der Waals surface area contributed by atoms with Crippen molar-refractivity contribution in [1.82, 2.24) is 20.1 Å². The highest BCUT2D eigenvalue weighted by Crippen LogP contribution is 2.22. The quantitative estimate of drug-likeness (QED) is 0.805. The summed E-state index contributed by atoms with van der Waals surface area (Å²) >= 11 is 0. The van der Waals surface area contributed by atoms with Gasteiger partial charge in [0.1, 0.15) is 17.9 Å². The molecule has 114 valence electrons. The molecule has 0 bridgehead atoms. The van der Waals surface area contributed by atoms with Gasteiger partial charge < -0.3 is 10.1 Å². The number of nitrogens with zero attached hydrogens (tertiary/aromatic N) is 3. The van der Waals surface area contributed by atoms with E-state index in [1.807, 2.05) is 23.9 Å². The normalized spacial score (nSPS) is 12.3. The van der Waals surface area contributed by atoms with Gasteiger partial charge in [0.2, 0.25) is 0 Å². The highest BCUT2D eigenvalue weighted by molar-refractivity contribution is 5.33. The molecule has 1 unspecified atom stereocenters. The molecule has 0 radical (unpaired) electrons.